The van der Waals surface area contributed by atoms with E-state index in [4.69, 9.17) is 16.3 Å². The summed E-state index contributed by atoms with van der Waals surface area (Å²) in [5.74, 6) is 1.15. The summed E-state index contributed by atoms with van der Waals surface area (Å²) in [5, 5.41) is 0.607. The molecule has 0 saturated heterocycles. The Hall–Kier alpha value is -2.74. The largest absolute Gasteiger partial charge is 0.424 e. The van der Waals surface area contributed by atoms with Gasteiger partial charge in [-0.15, -0.1) is 0 Å². The summed E-state index contributed by atoms with van der Waals surface area (Å²) in [6.45, 7) is 3.70. The first kappa shape index (κ1) is 21.0. The zero-order valence-electron chi connectivity index (χ0n) is 15.8. The zero-order chi connectivity index (χ0) is 21.0. The molecule has 0 aliphatic carbocycles. The van der Waals surface area contributed by atoms with Crippen LogP contribution in [0.3, 0.4) is 0 Å². The lowest BCUT2D eigenvalue weighted by molar-refractivity contribution is -0.138. The van der Waals surface area contributed by atoms with Crippen molar-refractivity contribution in [2.45, 2.75) is 39.3 Å². The predicted octanol–water partition coefficient (Wildman–Crippen LogP) is 5.52. The lowest BCUT2D eigenvalue weighted by Crippen LogP contribution is -2.06. The molecule has 0 amide bonds. The highest BCUT2D eigenvalue weighted by Gasteiger charge is 2.31. The fraction of sp³-hybridized carbons (Fsp3) is 0.300. The molecule has 0 saturated carbocycles. The van der Waals surface area contributed by atoms with Crippen molar-refractivity contribution in [1.82, 2.24) is 19.9 Å². The summed E-state index contributed by atoms with van der Waals surface area (Å²) in [6.07, 6.45) is -0.682. The summed E-state index contributed by atoms with van der Waals surface area (Å²) in [7, 11) is 0. The highest BCUT2D eigenvalue weighted by atomic mass is 35.5. The second kappa shape index (κ2) is 8.73. The Bertz CT molecular complexity index is 977. The minimum atomic E-state index is -4.48. The zero-order valence-corrected chi connectivity index (χ0v) is 16.6. The van der Waals surface area contributed by atoms with Gasteiger partial charge in [0.1, 0.15) is 11.6 Å². The van der Waals surface area contributed by atoms with Crippen LogP contribution in [-0.4, -0.2) is 19.9 Å². The molecule has 0 unspecified atom stereocenters. The fourth-order valence-corrected chi connectivity index (χ4v) is 2.92. The second-order valence-electron chi connectivity index (χ2n) is 6.47. The Morgan fingerprint density at radius 1 is 0.966 bits per heavy atom. The molecule has 3 aromatic rings. The molecule has 1 aromatic carbocycles. The lowest BCUT2D eigenvalue weighted by atomic mass is 10.1. The molecular weight excluding hydrogens is 405 g/mol. The van der Waals surface area contributed by atoms with Crippen molar-refractivity contribution in [3.63, 3.8) is 0 Å². The van der Waals surface area contributed by atoms with E-state index >= 15 is 0 Å². The molecule has 0 spiro atoms. The van der Waals surface area contributed by atoms with Gasteiger partial charge < -0.3 is 4.74 Å². The van der Waals surface area contributed by atoms with Gasteiger partial charge in [-0.2, -0.15) is 13.2 Å². The van der Waals surface area contributed by atoms with Gasteiger partial charge in [-0.3, -0.25) is 0 Å². The van der Waals surface area contributed by atoms with Gasteiger partial charge in [0, 0.05) is 12.4 Å². The average Bonchev–Trinajstić information content (AvgIpc) is 2.66. The number of rotatable bonds is 6. The number of aryl methyl sites for hydroxylation is 4. The molecule has 0 radical (unpaired) electrons. The molecule has 0 N–H and O–H groups in total. The van der Waals surface area contributed by atoms with E-state index in [0.717, 1.165) is 36.2 Å². The van der Waals surface area contributed by atoms with E-state index in [-0.39, 0.29) is 6.01 Å². The molecule has 0 bridgehead atoms. The van der Waals surface area contributed by atoms with E-state index in [9.17, 15) is 13.2 Å². The monoisotopic (exact) mass is 422 g/mol. The molecule has 0 aliphatic rings. The predicted molar refractivity (Wildman–Crippen MR) is 102 cm³/mol. The van der Waals surface area contributed by atoms with Crippen LogP contribution in [0, 0.1) is 13.8 Å². The maximum absolute atomic E-state index is 12.5. The van der Waals surface area contributed by atoms with Crippen molar-refractivity contribution in [2.24, 2.45) is 0 Å². The number of alkyl halides is 3. The Balaban J connectivity index is 1.55. The van der Waals surface area contributed by atoms with Crippen LogP contribution in [0.4, 0.5) is 13.2 Å². The van der Waals surface area contributed by atoms with Crippen LogP contribution in [-0.2, 0) is 19.0 Å². The first-order valence-corrected chi connectivity index (χ1v) is 9.26. The quantitative estimate of drug-likeness (QED) is 0.523. The summed E-state index contributed by atoms with van der Waals surface area (Å²) in [5.41, 5.74) is 1.79. The van der Waals surface area contributed by atoms with Crippen LogP contribution in [0.25, 0.3) is 0 Å². The Kier molecular flexibility index (Phi) is 6.32. The maximum Gasteiger partial charge on any atom is 0.419 e. The van der Waals surface area contributed by atoms with Gasteiger partial charge in [-0.25, -0.2) is 19.9 Å². The van der Waals surface area contributed by atoms with E-state index in [0.29, 0.717) is 29.0 Å². The van der Waals surface area contributed by atoms with Crippen molar-refractivity contribution in [2.75, 3.05) is 0 Å². The Morgan fingerprint density at radius 2 is 1.62 bits per heavy atom. The average molecular weight is 423 g/mol. The van der Waals surface area contributed by atoms with Crippen molar-refractivity contribution in [3.8, 4) is 11.8 Å². The molecule has 152 valence electrons. The maximum atomic E-state index is 12.5. The van der Waals surface area contributed by atoms with Gasteiger partial charge >= 0.3 is 12.2 Å². The van der Waals surface area contributed by atoms with Crippen LogP contribution in [0.5, 0.6) is 11.8 Å². The van der Waals surface area contributed by atoms with Gasteiger partial charge in [0.05, 0.1) is 22.0 Å². The van der Waals surface area contributed by atoms with Crippen molar-refractivity contribution in [3.05, 3.63) is 70.0 Å². The summed E-state index contributed by atoms with van der Waals surface area (Å²) < 4.78 is 43.0. The van der Waals surface area contributed by atoms with Crippen LogP contribution in [0.15, 0.2) is 36.7 Å². The van der Waals surface area contributed by atoms with E-state index in [1.807, 2.05) is 26.0 Å². The minimum absolute atomic E-state index is 0.144. The van der Waals surface area contributed by atoms with E-state index in [1.54, 1.807) is 12.1 Å². The van der Waals surface area contributed by atoms with Gasteiger partial charge in [-0.1, -0.05) is 23.7 Å². The molecule has 0 fully saturated rings. The topological polar surface area (TPSA) is 60.8 Å². The Labute approximate surface area is 171 Å². The van der Waals surface area contributed by atoms with Crippen LogP contribution >= 0.6 is 11.6 Å². The van der Waals surface area contributed by atoms with Crippen LogP contribution in [0.1, 0.15) is 34.8 Å². The third kappa shape index (κ3) is 5.63. The van der Waals surface area contributed by atoms with Crippen LogP contribution < -0.4 is 4.74 Å². The summed E-state index contributed by atoms with van der Waals surface area (Å²) >= 11 is 6.26. The minimum Gasteiger partial charge on any atom is -0.424 e. The van der Waals surface area contributed by atoms with Gasteiger partial charge in [0.2, 0.25) is 0 Å². The van der Waals surface area contributed by atoms with Crippen molar-refractivity contribution < 1.29 is 17.9 Å². The molecule has 2 heterocycles. The first-order valence-electron chi connectivity index (χ1n) is 8.88. The molecule has 5 nitrogen and oxygen atoms in total. The van der Waals surface area contributed by atoms with Crippen molar-refractivity contribution in [1.29, 1.82) is 0 Å². The number of benzene rings is 1. The molecule has 9 heteroatoms. The molecule has 29 heavy (non-hydrogen) atoms. The number of halogens is 4. The molecule has 3 rings (SSSR count). The number of nitrogens with zero attached hydrogens (tertiary/aromatic N) is 4. The van der Waals surface area contributed by atoms with E-state index < -0.39 is 11.7 Å². The molecule has 2 aromatic heterocycles. The van der Waals surface area contributed by atoms with Gasteiger partial charge in [-0.05, 0) is 50.8 Å². The van der Waals surface area contributed by atoms with Gasteiger partial charge in [0.25, 0.3) is 0 Å². The second-order valence-corrected chi connectivity index (χ2v) is 6.85. The lowest BCUT2D eigenvalue weighted by Gasteiger charge is -2.08. The van der Waals surface area contributed by atoms with Crippen LogP contribution in [0.2, 0.25) is 5.02 Å². The normalized spacial score (nSPS) is 11.5. The number of aromatic nitrogens is 4. The van der Waals surface area contributed by atoms with Gasteiger partial charge in [0.15, 0.2) is 0 Å². The summed E-state index contributed by atoms with van der Waals surface area (Å²) in [6, 6.07) is 7.08. The van der Waals surface area contributed by atoms with E-state index in [2.05, 4.69) is 19.9 Å². The van der Waals surface area contributed by atoms with Crippen molar-refractivity contribution >= 4 is 11.6 Å². The SMILES string of the molecule is Cc1nc(C)c(Cl)c(CCCc2ccc(Oc3ncc(C(F)(F)F)cn3)cc2)n1. The first-order chi connectivity index (χ1) is 13.7. The molecule has 0 aliphatic heterocycles. The molecule has 0 atom stereocenters. The smallest absolute Gasteiger partial charge is 0.419 e. The number of hydrogen-bond donors (Lipinski definition) is 0. The summed E-state index contributed by atoms with van der Waals surface area (Å²) in [4.78, 5) is 15.8. The Morgan fingerprint density at radius 3 is 2.24 bits per heavy atom. The van der Waals surface area contributed by atoms with E-state index in [1.165, 1.54) is 0 Å². The third-order valence-electron chi connectivity index (χ3n) is 4.16. The number of hydrogen-bond acceptors (Lipinski definition) is 5. The third-order valence-corrected chi connectivity index (χ3v) is 4.66. The standard InChI is InChI=1S/C20H18ClF3N4O/c1-12-18(21)17(28-13(2)27-12)5-3-4-14-6-8-16(9-7-14)29-19-25-10-15(11-26-19)20(22,23)24/h6-11H,3-5H2,1-2H3. The number of ether oxygens (including phenoxy) is 1. The highest BCUT2D eigenvalue weighted by molar-refractivity contribution is 6.31. The fourth-order valence-electron chi connectivity index (χ4n) is 2.74. The highest BCUT2D eigenvalue weighted by Crippen LogP contribution is 2.29. The molecular formula is C20H18ClF3N4O.